The van der Waals surface area contributed by atoms with Crippen LogP contribution < -0.4 is 16.0 Å². The molecule has 2 aromatic rings. The largest absolute Gasteiger partial charge is 0.307 e. The molecule has 0 bridgehead atoms. The van der Waals surface area contributed by atoms with Crippen LogP contribution in [0, 0.1) is 11.6 Å². The second-order valence-corrected chi connectivity index (χ2v) is 5.94. The van der Waals surface area contributed by atoms with Crippen molar-refractivity contribution in [1.29, 1.82) is 0 Å². The second-order valence-electron chi connectivity index (χ2n) is 3.85. The zero-order valence-electron chi connectivity index (χ0n) is 10.3. The summed E-state index contributed by atoms with van der Waals surface area (Å²) in [7, 11) is -4.17. The molecule has 10 heteroatoms. The molecule has 0 amide bonds. The molecule has 0 saturated carbocycles. The molecule has 4 N–H and O–H groups in total. The van der Waals surface area contributed by atoms with Crippen molar-refractivity contribution in [2.24, 2.45) is 5.84 Å². The lowest BCUT2D eigenvalue weighted by molar-refractivity contribution is 0.511. The maximum atomic E-state index is 13.5. The maximum absolute atomic E-state index is 13.5. The topological polar surface area (TPSA) is 97.1 Å². The van der Waals surface area contributed by atoms with E-state index in [1.165, 1.54) is 6.07 Å². The molecule has 0 aliphatic heterocycles. The van der Waals surface area contributed by atoms with E-state index in [1.54, 1.807) is 0 Å². The number of nitrogen functional groups attached to an aromatic ring is 1. The van der Waals surface area contributed by atoms with Gasteiger partial charge in [-0.1, -0.05) is 17.7 Å². The number of hydrogen-bond donors (Lipinski definition) is 3. The van der Waals surface area contributed by atoms with Crippen LogP contribution in [0.25, 0.3) is 0 Å². The molecule has 1 aromatic heterocycles. The van der Waals surface area contributed by atoms with Crippen molar-refractivity contribution in [1.82, 2.24) is 4.98 Å². The van der Waals surface area contributed by atoms with Gasteiger partial charge in [-0.25, -0.2) is 28.0 Å². The van der Waals surface area contributed by atoms with Gasteiger partial charge in [0, 0.05) is 6.20 Å². The van der Waals surface area contributed by atoms with Crippen LogP contribution in [0.15, 0.2) is 35.4 Å². The second kappa shape index (κ2) is 5.80. The third-order valence-electron chi connectivity index (χ3n) is 2.46. The minimum atomic E-state index is -4.17. The molecule has 0 spiro atoms. The number of rotatable bonds is 4. The number of sulfonamides is 1. The molecular formula is C11H9ClF2N4O2S. The zero-order valence-corrected chi connectivity index (χ0v) is 11.8. The van der Waals surface area contributed by atoms with Gasteiger partial charge in [-0.3, -0.25) is 4.72 Å². The molecule has 0 aliphatic carbocycles. The number of nitrogens with one attached hydrogen (secondary N) is 2. The summed E-state index contributed by atoms with van der Waals surface area (Å²) >= 11 is 5.76. The molecule has 0 radical (unpaired) electrons. The van der Waals surface area contributed by atoms with Crippen LogP contribution in [-0.2, 0) is 10.0 Å². The van der Waals surface area contributed by atoms with Crippen LogP contribution in [-0.4, -0.2) is 13.4 Å². The SMILES string of the molecule is NNc1ncc(S(=O)(=O)Nc2cccc(F)c2F)cc1Cl. The van der Waals surface area contributed by atoms with Gasteiger partial charge in [0.2, 0.25) is 0 Å². The summed E-state index contributed by atoms with van der Waals surface area (Å²) in [6, 6.07) is 4.19. The number of nitrogens with two attached hydrogens (primary N) is 1. The van der Waals surface area contributed by atoms with Gasteiger partial charge < -0.3 is 5.43 Å². The average Bonchev–Trinajstić information content (AvgIpc) is 2.43. The Kier molecular flexibility index (Phi) is 4.26. The third kappa shape index (κ3) is 3.20. The number of benzene rings is 1. The number of aromatic nitrogens is 1. The highest BCUT2D eigenvalue weighted by molar-refractivity contribution is 7.92. The predicted molar refractivity (Wildman–Crippen MR) is 74.2 cm³/mol. The molecule has 0 atom stereocenters. The van der Waals surface area contributed by atoms with Crippen LogP contribution in [0.4, 0.5) is 20.3 Å². The number of hydrogen-bond acceptors (Lipinski definition) is 5. The summed E-state index contributed by atoms with van der Waals surface area (Å²) in [5.74, 6) is 2.72. The van der Waals surface area contributed by atoms with Gasteiger partial charge in [-0.05, 0) is 18.2 Å². The van der Waals surface area contributed by atoms with Crippen LogP contribution in [0.2, 0.25) is 5.02 Å². The minimum absolute atomic E-state index is 0.0416. The van der Waals surface area contributed by atoms with Crippen LogP contribution in [0.1, 0.15) is 0 Å². The highest BCUT2D eigenvalue weighted by Crippen LogP contribution is 2.24. The first-order valence-electron chi connectivity index (χ1n) is 5.44. The van der Waals surface area contributed by atoms with Crippen molar-refractivity contribution < 1.29 is 17.2 Å². The van der Waals surface area contributed by atoms with E-state index in [0.717, 1.165) is 24.4 Å². The quantitative estimate of drug-likeness (QED) is 0.587. The van der Waals surface area contributed by atoms with Crippen molar-refractivity contribution in [3.8, 4) is 0 Å². The fourth-order valence-electron chi connectivity index (χ4n) is 1.46. The normalized spacial score (nSPS) is 11.2. The van der Waals surface area contributed by atoms with Gasteiger partial charge in [-0.2, -0.15) is 0 Å². The van der Waals surface area contributed by atoms with Crippen LogP contribution in [0.5, 0.6) is 0 Å². The van der Waals surface area contributed by atoms with E-state index in [9.17, 15) is 17.2 Å². The molecule has 112 valence electrons. The smallest absolute Gasteiger partial charge is 0.263 e. The fraction of sp³-hybridized carbons (Fsp3) is 0. The van der Waals surface area contributed by atoms with E-state index < -0.39 is 27.3 Å². The predicted octanol–water partition coefficient (Wildman–Crippen LogP) is 2.10. The van der Waals surface area contributed by atoms with Crippen molar-refractivity contribution in [3.63, 3.8) is 0 Å². The summed E-state index contributed by atoms with van der Waals surface area (Å²) < 4.78 is 52.6. The molecular weight excluding hydrogens is 326 g/mol. The van der Waals surface area contributed by atoms with Crippen molar-refractivity contribution in [3.05, 3.63) is 47.1 Å². The van der Waals surface area contributed by atoms with Gasteiger partial charge in [0.15, 0.2) is 17.5 Å². The fourth-order valence-corrected chi connectivity index (χ4v) is 2.77. The van der Waals surface area contributed by atoms with E-state index in [-0.39, 0.29) is 15.7 Å². The Hall–Kier alpha value is -1.97. The molecule has 1 aromatic carbocycles. The van der Waals surface area contributed by atoms with Gasteiger partial charge in [0.1, 0.15) is 4.90 Å². The first-order valence-corrected chi connectivity index (χ1v) is 7.30. The average molecular weight is 335 g/mol. The Morgan fingerprint density at radius 2 is 2.00 bits per heavy atom. The molecule has 0 saturated heterocycles. The summed E-state index contributed by atoms with van der Waals surface area (Å²) in [4.78, 5) is 3.37. The Labute approximate surface area is 124 Å². The molecule has 0 unspecified atom stereocenters. The van der Waals surface area contributed by atoms with E-state index in [0.29, 0.717) is 0 Å². The minimum Gasteiger partial charge on any atom is -0.307 e. The highest BCUT2D eigenvalue weighted by Gasteiger charge is 2.19. The Bertz CT molecular complexity index is 786. The Morgan fingerprint density at radius 3 is 2.62 bits per heavy atom. The Morgan fingerprint density at radius 1 is 1.29 bits per heavy atom. The number of pyridine rings is 1. The first kappa shape index (κ1) is 15.4. The number of hydrazine groups is 1. The summed E-state index contributed by atoms with van der Waals surface area (Å²) in [5, 5.41) is -0.0416. The first-order chi connectivity index (χ1) is 9.85. The zero-order chi connectivity index (χ0) is 15.6. The molecule has 21 heavy (non-hydrogen) atoms. The van der Waals surface area contributed by atoms with Crippen molar-refractivity contribution in [2.45, 2.75) is 4.90 Å². The summed E-state index contributed by atoms with van der Waals surface area (Å²) in [6.45, 7) is 0. The van der Waals surface area contributed by atoms with Crippen LogP contribution >= 0.6 is 11.6 Å². The van der Waals surface area contributed by atoms with Gasteiger partial charge in [0.25, 0.3) is 10.0 Å². The van der Waals surface area contributed by atoms with Gasteiger partial charge in [-0.15, -0.1) is 0 Å². The number of anilines is 2. The lowest BCUT2D eigenvalue weighted by Gasteiger charge is -2.10. The van der Waals surface area contributed by atoms with E-state index in [2.05, 4.69) is 10.4 Å². The lowest BCUT2D eigenvalue weighted by Crippen LogP contribution is -2.16. The summed E-state index contributed by atoms with van der Waals surface area (Å²) in [6.07, 6.45) is 0.973. The monoisotopic (exact) mass is 334 g/mol. The van der Waals surface area contributed by atoms with Crippen molar-refractivity contribution in [2.75, 3.05) is 10.1 Å². The number of halogens is 3. The molecule has 0 aliphatic rings. The van der Waals surface area contributed by atoms with Gasteiger partial charge >= 0.3 is 0 Å². The maximum Gasteiger partial charge on any atom is 0.263 e. The van der Waals surface area contributed by atoms with Crippen LogP contribution in [0.3, 0.4) is 0 Å². The molecule has 1 heterocycles. The highest BCUT2D eigenvalue weighted by atomic mass is 35.5. The third-order valence-corrected chi connectivity index (χ3v) is 4.08. The van der Waals surface area contributed by atoms with E-state index in [4.69, 9.17) is 17.4 Å². The van der Waals surface area contributed by atoms with Gasteiger partial charge in [0.05, 0.1) is 10.7 Å². The van der Waals surface area contributed by atoms with E-state index in [1.807, 2.05) is 4.72 Å². The molecule has 2 rings (SSSR count). The molecule has 0 fully saturated rings. The summed E-state index contributed by atoms with van der Waals surface area (Å²) in [5.41, 5.74) is 1.65. The Balaban J connectivity index is 2.39. The standard InChI is InChI=1S/C11H9ClF2N4O2S/c12-7-4-6(5-16-11(7)17-15)21(19,20)18-9-3-1-2-8(13)10(9)14/h1-5,18H,15H2,(H,16,17). The number of nitrogens with zero attached hydrogens (tertiary/aromatic N) is 1. The lowest BCUT2D eigenvalue weighted by atomic mass is 10.3. The van der Waals surface area contributed by atoms with Crippen molar-refractivity contribution >= 4 is 33.1 Å². The van der Waals surface area contributed by atoms with E-state index >= 15 is 0 Å². The molecule has 6 nitrogen and oxygen atoms in total.